The molecule has 0 saturated carbocycles. The van der Waals surface area contributed by atoms with Gasteiger partial charge in [0.25, 0.3) is 5.91 Å². The lowest BCUT2D eigenvalue weighted by molar-refractivity contribution is -0.133. The van der Waals surface area contributed by atoms with Crippen LogP contribution in [0.1, 0.15) is 47.9 Å². The van der Waals surface area contributed by atoms with Crippen molar-refractivity contribution in [3.63, 3.8) is 0 Å². The van der Waals surface area contributed by atoms with E-state index >= 15 is 0 Å². The van der Waals surface area contributed by atoms with Crippen molar-refractivity contribution in [2.24, 2.45) is 0 Å². The first-order chi connectivity index (χ1) is 16.9. The topological polar surface area (TPSA) is 71.3 Å². The maximum atomic E-state index is 12.9. The molecule has 7 nitrogen and oxygen atoms in total. The molecule has 1 fully saturated rings. The highest BCUT2D eigenvalue weighted by Gasteiger charge is 2.30. The van der Waals surface area contributed by atoms with Crippen LogP contribution < -0.4 is 0 Å². The summed E-state index contributed by atoms with van der Waals surface area (Å²) in [6.07, 6.45) is 2.29. The maximum absolute atomic E-state index is 12.9. The van der Waals surface area contributed by atoms with Crippen LogP contribution in [0.5, 0.6) is 0 Å². The third-order valence-corrected chi connectivity index (χ3v) is 7.38. The largest absolute Gasteiger partial charge is 0.339 e. The number of nitrogens with zero attached hydrogens (tertiary/aromatic N) is 5. The van der Waals surface area contributed by atoms with E-state index in [2.05, 4.69) is 14.8 Å². The van der Waals surface area contributed by atoms with E-state index in [-0.39, 0.29) is 17.9 Å². The average Bonchev–Trinajstić information content (AvgIpc) is 3.24. The molecule has 184 valence electrons. The second kappa shape index (κ2) is 11.5. The molecule has 35 heavy (non-hydrogen) atoms. The number of rotatable bonds is 8. The fourth-order valence-electron chi connectivity index (χ4n) is 4.36. The Bertz CT molecular complexity index is 1150. The molecule has 1 atom stereocenters. The number of hydrogen-bond acceptors (Lipinski definition) is 5. The Morgan fingerprint density at radius 1 is 0.971 bits per heavy atom. The number of carbonyl (C=O) groups excluding carboxylic acids is 2. The summed E-state index contributed by atoms with van der Waals surface area (Å²) in [6, 6.07) is 17.8. The van der Waals surface area contributed by atoms with Gasteiger partial charge in [-0.05, 0) is 57.9 Å². The summed E-state index contributed by atoms with van der Waals surface area (Å²) in [7, 11) is 0. The molecule has 0 aliphatic carbocycles. The van der Waals surface area contributed by atoms with Crippen LogP contribution in [-0.2, 0) is 4.79 Å². The molecule has 0 radical (unpaired) electrons. The highest BCUT2D eigenvalue weighted by Crippen LogP contribution is 2.23. The quantitative estimate of drug-likeness (QED) is 0.342. The minimum Gasteiger partial charge on any atom is -0.339 e. The highest BCUT2D eigenvalue weighted by molar-refractivity contribution is 7.99. The number of amides is 2. The zero-order chi connectivity index (χ0) is 24.8. The zero-order valence-electron chi connectivity index (χ0n) is 20.7. The molecule has 1 aromatic heterocycles. The molecule has 0 spiro atoms. The Labute approximate surface area is 211 Å². The Balaban J connectivity index is 1.21. The van der Waals surface area contributed by atoms with Gasteiger partial charge in [0.2, 0.25) is 5.91 Å². The van der Waals surface area contributed by atoms with Crippen LogP contribution in [0.4, 0.5) is 0 Å². The van der Waals surface area contributed by atoms with Crippen molar-refractivity contribution >= 4 is 23.6 Å². The van der Waals surface area contributed by atoms with E-state index in [1.54, 1.807) is 11.8 Å². The van der Waals surface area contributed by atoms with Gasteiger partial charge in [-0.15, -0.1) is 10.2 Å². The van der Waals surface area contributed by atoms with Crippen LogP contribution in [0.15, 0.2) is 59.8 Å². The van der Waals surface area contributed by atoms with Crippen molar-refractivity contribution in [2.45, 2.75) is 51.2 Å². The molecular formula is C27H33N5O2S. The van der Waals surface area contributed by atoms with Crippen LogP contribution in [0, 0.1) is 13.8 Å². The number of para-hydroxylation sites is 1. The van der Waals surface area contributed by atoms with E-state index in [0.29, 0.717) is 31.6 Å². The molecule has 2 aromatic carbocycles. The van der Waals surface area contributed by atoms with Gasteiger partial charge in [-0.3, -0.25) is 14.2 Å². The number of thioether (sulfide) groups is 1. The number of aromatic nitrogens is 3. The zero-order valence-corrected chi connectivity index (χ0v) is 21.5. The van der Waals surface area contributed by atoms with Gasteiger partial charge in [0.05, 0.1) is 0 Å². The van der Waals surface area contributed by atoms with Gasteiger partial charge in [0.1, 0.15) is 5.82 Å². The monoisotopic (exact) mass is 491 g/mol. The van der Waals surface area contributed by atoms with E-state index in [4.69, 9.17) is 0 Å². The first kappa shape index (κ1) is 25.0. The van der Waals surface area contributed by atoms with Crippen LogP contribution in [0.2, 0.25) is 0 Å². The molecular weight excluding hydrogens is 458 g/mol. The second-order valence-electron chi connectivity index (χ2n) is 9.06. The minimum atomic E-state index is 0.00430. The fourth-order valence-corrected chi connectivity index (χ4v) is 5.35. The summed E-state index contributed by atoms with van der Waals surface area (Å²) in [5.41, 5.74) is 2.90. The number of carbonyl (C=O) groups is 2. The Hall–Kier alpha value is -3.13. The predicted octanol–water partition coefficient (Wildman–Crippen LogP) is 4.52. The molecule has 1 aliphatic rings. The third kappa shape index (κ3) is 6.11. The maximum Gasteiger partial charge on any atom is 0.254 e. The van der Waals surface area contributed by atoms with Crippen molar-refractivity contribution in [2.75, 3.05) is 25.4 Å². The van der Waals surface area contributed by atoms with Gasteiger partial charge in [-0.1, -0.05) is 47.7 Å². The Morgan fingerprint density at radius 2 is 1.71 bits per heavy atom. The first-order valence-electron chi connectivity index (χ1n) is 12.2. The van der Waals surface area contributed by atoms with E-state index < -0.39 is 0 Å². The van der Waals surface area contributed by atoms with Gasteiger partial charge in [0, 0.05) is 49.1 Å². The Morgan fingerprint density at radius 3 is 2.43 bits per heavy atom. The highest BCUT2D eigenvalue weighted by atomic mass is 32.2. The molecule has 2 amide bonds. The SMILES string of the molecule is Cc1ccc(C(=O)N2CCN(C(=O)CCCCSc3nnc(C)n3-c3ccccc3)CC2C)cc1. The predicted molar refractivity (Wildman–Crippen MR) is 139 cm³/mol. The standard InChI is InChI=1S/C27H33N5O2S/c1-20-12-14-23(15-13-20)26(34)31-17-16-30(19-21(31)2)25(33)11-7-8-18-35-27-29-28-22(3)32(27)24-9-5-4-6-10-24/h4-6,9-10,12-15,21H,7-8,11,16-19H2,1-3H3. The molecule has 1 saturated heterocycles. The normalized spacial score (nSPS) is 15.9. The van der Waals surface area contributed by atoms with Crippen molar-refractivity contribution < 1.29 is 9.59 Å². The fraction of sp³-hybridized carbons (Fsp3) is 0.407. The van der Waals surface area contributed by atoms with Crippen LogP contribution in [0.25, 0.3) is 5.69 Å². The van der Waals surface area contributed by atoms with E-state index in [9.17, 15) is 9.59 Å². The van der Waals surface area contributed by atoms with Gasteiger partial charge >= 0.3 is 0 Å². The summed E-state index contributed by atoms with van der Waals surface area (Å²) in [5, 5.41) is 9.43. The lowest BCUT2D eigenvalue weighted by Gasteiger charge is -2.40. The smallest absolute Gasteiger partial charge is 0.254 e. The van der Waals surface area contributed by atoms with Crippen LogP contribution in [0.3, 0.4) is 0 Å². The lowest BCUT2D eigenvalue weighted by atomic mass is 10.1. The van der Waals surface area contributed by atoms with Gasteiger partial charge in [-0.25, -0.2) is 0 Å². The minimum absolute atomic E-state index is 0.00430. The van der Waals surface area contributed by atoms with Crippen LogP contribution in [-0.4, -0.2) is 67.8 Å². The third-order valence-electron chi connectivity index (χ3n) is 6.37. The van der Waals surface area contributed by atoms with Gasteiger partial charge in [0.15, 0.2) is 5.16 Å². The van der Waals surface area contributed by atoms with E-state index in [0.717, 1.165) is 40.8 Å². The van der Waals surface area contributed by atoms with Crippen molar-refractivity contribution in [3.05, 3.63) is 71.5 Å². The summed E-state index contributed by atoms with van der Waals surface area (Å²) in [6.45, 7) is 7.74. The van der Waals surface area contributed by atoms with Crippen molar-refractivity contribution in [1.82, 2.24) is 24.6 Å². The number of aryl methyl sites for hydroxylation is 2. The summed E-state index contributed by atoms with van der Waals surface area (Å²) in [5.74, 6) is 1.96. The van der Waals surface area contributed by atoms with E-state index in [1.807, 2.05) is 85.2 Å². The molecule has 1 unspecified atom stereocenters. The second-order valence-corrected chi connectivity index (χ2v) is 10.1. The average molecular weight is 492 g/mol. The number of piperazine rings is 1. The molecule has 4 rings (SSSR count). The van der Waals surface area contributed by atoms with Crippen molar-refractivity contribution in [3.8, 4) is 5.69 Å². The molecule has 8 heteroatoms. The lowest BCUT2D eigenvalue weighted by Crippen LogP contribution is -2.55. The molecule has 0 bridgehead atoms. The molecule has 1 aliphatic heterocycles. The molecule has 3 aromatic rings. The van der Waals surface area contributed by atoms with Gasteiger partial charge in [-0.2, -0.15) is 0 Å². The van der Waals surface area contributed by atoms with E-state index in [1.165, 1.54) is 0 Å². The Kier molecular flexibility index (Phi) is 8.23. The van der Waals surface area contributed by atoms with Gasteiger partial charge < -0.3 is 9.80 Å². The number of benzene rings is 2. The summed E-state index contributed by atoms with van der Waals surface area (Å²) in [4.78, 5) is 29.5. The first-order valence-corrected chi connectivity index (χ1v) is 13.2. The molecule has 0 N–H and O–H groups in total. The number of hydrogen-bond donors (Lipinski definition) is 0. The summed E-state index contributed by atoms with van der Waals surface area (Å²) >= 11 is 1.67. The molecule has 2 heterocycles. The van der Waals surface area contributed by atoms with Crippen molar-refractivity contribution in [1.29, 1.82) is 0 Å². The summed E-state index contributed by atoms with van der Waals surface area (Å²) < 4.78 is 2.06. The van der Waals surface area contributed by atoms with Crippen LogP contribution >= 0.6 is 11.8 Å². The number of unbranched alkanes of at least 4 members (excludes halogenated alkanes) is 1.